The van der Waals surface area contributed by atoms with Crippen molar-refractivity contribution in [1.29, 1.82) is 0 Å². The Morgan fingerprint density at radius 2 is 1.60 bits per heavy atom. The molecule has 0 spiro atoms. The van der Waals surface area contributed by atoms with E-state index in [0.717, 1.165) is 27.4 Å². The van der Waals surface area contributed by atoms with Crippen molar-refractivity contribution in [2.45, 2.75) is 71.5 Å². The van der Waals surface area contributed by atoms with Crippen LogP contribution in [0.3, 0.4) is 0 Å². The first-order chi connectivity index (χ1) is 18.8. The molecular weight excluding hydrogens is 546 g/mol. The minimum atomic E-state index is -4.16. The van der Waals surface area contributed by atoms with Gasteiger partial charge in [-0.25, -0.2) is 8.42 Å². The highest BCUT2D eigenvalue weighted by Crippen LogP contribution is 2.30. The number of hydrogen-bond acceptors (Lipinski definition) is 4. The summed E-state index contributed by atoms with van der Waals surface area (Å²) < 4.78 is 29.1. The molecule has 9 heteroatoms. The average Bonchev–Trinajstić information content (AvgIpc) is 2.91. The monoisotopic (exact) mass is 583 g/mol. The maximum absolute atomic E-state index is 14.1. The summed E-state index contributed by atoms with van der Waals surface area (Å²) in [4.78, 5) is 28.7. The van der Waals surface area contributed by atoms with Crippen LogP contribution in [0.25, 0.3) is 0 Å². The third kappa shape index (κ3) is 7.64. The zero-order valence-electron chi connectivity index (χ0n) is 23.9. The number of anilines is 1. The Bertz CT molecular complexity index is 1460. The zero-order valence-corrected chi connectivity index (χ0v) is 25.5. The molecule has 2 atom stereocenters. The Balaban J connectivity index is 2.07. The highest BCUT2D eigenvalue weighted by molar-refractivity contribution is 7.92. The minimum Gasteiger partial charge on any atom is -0.352 e. The van der Waals surface area contributed by atoms with Gasteiger partial charge < -0.3 is 10.2 Å². The van der Waals surface area contributed by atoms with E-state index in [0.29, 0.717) is 16.3 Å². The summed E-state index contributed by atoms with van der Waals surface area (Å²) in [6, 6.07) is 18.2. The fraction of sp³-hybridized carbons (Fsp3) is 0.355. The van der Waals surface area contributed by atoms with Crippen molar-refractivity contribution >= 4 is 39.1 Å². The lowest BCUT2D eigenvalue weighted by Gasteiger charge is -2.33. The number of rotatable bonds is 11. The molecule has 0 saturated carbocycles. The largest absolute Gasteiger partial charge is 0.352 e. The van der Waals surface area contributed by atoms with Gasteiger partial charge in [0, 0.05) is 17.6 Å². The van der Waals surface area contributed by atoms with Crippen molar-refractivity contribution in [3.63, 3.8) is 0 Å². The normalized spacial score (nSPS) is 12.9. The van der Waals surface area contributed by atoms with Gasteiger partial charge in [0.2, 0.25) is 11.8 Å². The smallest absolute Gasteiger partial charge is 0.264 e. The minimum absolute atomic E-state index is 0.0538. The van der Waals surface area contributed by atoms with Crippen LogP contribution < -0.4 is 9.62 Å². The Labute approximate surface area is 243 Å². The number of sulfonamides is 1. The summed E-state index contributed by atoms with van der Waals surface area (Å²) in [5.74, 6) is -0.814. The molecule has 3 aromatic rings. The molecule has 0 saturated heterocycles. The molecule has 2 unspecified atom stereocenters. The van der Waals surface area contributed by atoms with E-state index in [2.05, 4.69) is 5.32 Å². The van der Waals surface area contributed by atoms with E-state index in [1.165, 1.54) is 17.0 Å². The second-order valence-electron chi connectivity index (χ2n) is 10.3. The van der Waals surface area contributed by atoms with Crippen molar-refractivity contribution in [2.24, 2.45) is 0 Å². The number of aryl methyl sites for hydroxylation is 3. The molecule has 214 valence electrons. The summed E-state index contributed by atoms with van der Waals surface area (Å²) in [7, 11) is -4.16. The molecule has 0 aromatic heterocycles. The first-order valence-corrected chi connectivity index (χ1v) is 15.2. The van der Waals surface area contributed by atoms with E-state index >= 15 is 0 Å². The first kappa shape index (κ1) is 31.2. The topological polar surface area (TPSA) is 86.8 Å². The highest BCUT2D eigenvalue weighted by Gasteiger charge is 2.33. The number of halogens is 1. The molecule has 1 N–H and O–H groups in total. The van der Waals surface area contributed by atoms with E-state index in [1.54, 1.807) is 44.2 Å². The SMILES string of the molecule is CCC(C)NC(=O)C(C)N(Cc1cccc(C)c1)C(=O)CN(c1cc(Cl)ccc1C)S(=O)(=O)c1ccc(C)cc1. The third-order valence-corrected chi connectivity index (χ3v) is 8.94. The predicted octanol–water partition coefficient (Wildman–Crippen LogP) is 5.79. The van der Waals surface area contributed by atoms with Crippen LogP contribution in [0.1, 0.15) is 49.4 Å². The van der Waals surface area contributed by atoms with Gasteiger partial charge >= 0.3 is 0 Å². The van der Waals surface area contributed by atoms with Crippen LogP contribution in [0.4, 0.5) is 5.69 Å². The Kier molecular flexibility index (Phi) is 10.4. The maximum Gasteiger partial charge on any atom is 0.264 e. The summed E-state index contributed by atoms with van der Waals surface area (Å²) in [5, 5.41) is 3.29. The lowest BCUT2D eigenvalue weighted by atomic mass is 10.1. The number of nitrogens with zero attached hydrogens (tertiary/aromatic N) is 2. The van der Waals surface area contributed by atoms with Crippen LogP contribution in [0, 0.1) is 20.8 Å². The standard InChI is InChI=1S/C31H38ClN3O4S/c1-7-24(5)33-31(37)25(6)34(19-26-10-8-9-22(3)17-26)30(36)20-35(29-18-27(32)14-13-23(29)4)40(38,39)28-15-11-21(2)12-16-28/h8-18,24-25H,7,19-20H2,1-6H3,(H,33,37). The van der Waals surface area contributed by atoms with Crippen molar-refractivity contribution in [2.75, 3.05) is 10.8 Å². The highest BCUT2D eigenvalue weighted by atomic mass is 35.5. The Morgan fingerprint density at radius 1 is 0.925 bits per heavy atom. The van der Waals surface area contributed by atoms with Gasteiger partial charge in [-0.2, -0.15) is 0 Å². The van der Waals surface area contributed by atoms with Gasteiger partial charge in [0.15, 0.2) is 0 Å². The fourth-order valence-corrected chi connectivity index (χ4v) is 5.89. The van der Waals surface area contributed by atoms with Crippen molar-refractivity contribution in [3.05, 3.63) is 94.0 Å². The number of hydrogen-bond donors (Lipinski definition) is 1. The second-order valence-corrected chi connectivity index (χ2v) is 12.6. The number of nitrogens with one attached hydrogen (secondary N) is 1. The molecule has 0 aliphatic rings. The van der Waals surface area contributed by atoms with Crippen molar-refractivity contribution in [3.8, 4) is 0 Å². The van der Waals surface area contributed by atoms with E-state index in [1.807, 2.05) is 52.0 Å². The molecule has 0 bridgehead atoms. The number of amides is 2. The van der Waals surface area contributed by atoms with Gasteiger partial charge in [0.25, 0.3) is 10.0 Å². The molecule has 0 heterocycles. The van der Waals surface area contributed by atoms with Gasteiger partial charge in [-0.05, 0) is 76.4 Å². The molecule has 0 aliphatic carbocycles. The first-order valence-electron chi connectivity index (χ1n) is 13.3. The fourth-order valence-electron chi connectivity index (χ4n) is 4.26. The maximum atomic E-state index is 14.1. The summed E-state index contributed by atoms with van der Waals surface area (Å²) in [6.07, 6.45) is 0.737. The second kappa shape index (κ2) is 13.3. The van der Waals surface area contributed by atoms with Gasteiger partial charge in [0.1, 0.15) is 12.6 Å². The van der Waals surface area contributed by atoms with Crippen LogP contribution in [-0.4, -0.2) is 43.8 Å². The average molecular weight is 584 g/mol. The van der Waals surface area contributed by atoms with Crippen LogP contribution in [0.15, 0.2) is 71.6 Å². The summed E-state index contributed by atoms with van der Waals surface area (Å²) >= 11 is 6.28. The van der Waals surface area contributed by atoms with Crippen LogP contribution in [-0.2, 0) is 26.2 Å². The van der Waals surface area contributed by atoms with Crippen LogP contribution in [0.2, 0.25) is 5.02 Å². The molecular formula is C31H38ClN3O4S. The van der Waals surface area contributed by atoms with Gasteiger partial charge in [-0.15, -0.1) is 0 Å². The quantitative estimate of drug-likeness (QED) is 0.309. The van der Waals surface area contributed by atoms with E-state index in [9.17, 15) is 18.0 Å². The summed E-state index contributed by atoms with van der Waals surface area (Å²) in [6.45, 7) is 10.7. The van der Waals surface area contributed by atoms with Gasteiger partial charge in [-0.3, -0.25) is 13.9 Å². The summed E-state index contributed by atoms with van der Waals surface area (Å²) in [5.41, 5.74) is 3.70. The van der Waals surface area contributed by atoms with Gasteiger partial charge in [0.05, 0.1) is 10.6 Å². The lowest BCUT2D eigenvalue weighted by Crippen LogP contribution is -2.52. The molecule has 7 nitrogen and oxygen atoms in total. The molecule has 0 radical (unpaired) electrons. The molecule has 3 rings (SSSR count). The van der Waals surface area contributed by atoms with Crippen molar-refractivity contribution < 1.29 is 18.0 Å². The zero-order chi connectivity index (χ0) is 29.6. The Morgan fingerprint density at radius 3 is 2.23 bits per heavy atom. The van der Waals surface area contributed by atoms with E-state index in [-0.39, 0.29) is 23.4 Å². The van der Waals surface area contributed by atoms with E-state index < -0.39 is 28.5 Å². The number of carbonyl (C=O) groups excluding carboxylic acids is 2. The predicted molar refractivity (Wildman–Crippen MR) is 161 cm³/mol. The lowest BCUT2D eigenvalue weighted by molar-refractivity contribution is -0.139. The number of carbonyl (C=O) groups is 2. The molecule has 0 fully saturated rings. The molecule has 0 aliphatic heterocycles. The van der Waals surface area contributed by atoms with Gasteiger partial charge in [-0.1, -0.05) is 72.1 Å². The Hall–Kier alpha value is -3.36. The van der Waals surface area contributed by atoms with Crippen LogP contribution >= 0.6 is 11.6 Å². The molecule has 2 amide bonds. The third-order valence-electron chi connectivity index (χ3n) is 6.93. The molecule has 40 heavy (non-hydrogen) atoms. The van der Waals surface area contributed by atoms with Crippen LogP contribution in [0.5, 0.6) is 0 Å². The van der Waals surface area contributed by atoms with Crippen molar-refractivity contribution in [1.82, 2.24) is 10.2 Å². The number of benzene rings is 3. The van der Waals surface area contributed by atoms with E-state index in [4.69, 9.17) is 11.6 Å². The molecule has 3 aromatic carbocycles.